The van der Waals surface area contributed by atoms with Gasteiger partial charge in [0.15, 0.2) is 0 Å². The zero-order valence-corrected chi connectivity index (χ0v) is 24.6. The van der Waals surface area contributed by atoms with Crippen molar-refractivity contribution in [1.29, 1.82) is 0 Å². The molecule has 1 saturated heterocycles. The number of ether oxygens (including phenoxy) is 1. The highest BCUT2D eigenvalue weighted by atomic mass is 16.6. The molecule has 0 saturated carbocycles. The largest absolute Gasteiger partial charge is 0.480 e. The Hall–Kier alpha value is -3.88. The van der Waals surface area contributed by atoms with Gasteiger partial charge in [-0.3, -0.25) is 14.5 Å². The van der Waals surface area contributed by atoms with Crippen LogP contribution >= 0.6 is 0 Å². The Labute approximate surface area is 241 Å². The van der Waals surface area contributed by atoms with Gasteiger partial charge in [-0.05, 0) is 56.2 Å². The molecule has 2 heterocycles. The molecule has 0 radical (unpaired) electrons. The van der Waals surface area contributed by atoms with Gasteiger partial charge >= 0.3 is 12.1 Å². The van der Waals surface area contributed by atoms with Gasteiger partial charge in [0.2, 0.25) is 11.8 Å². The van der Waals surface area contributed by atoms with E-state index in [2.05, 4.69) is 5.32 Å². The molecule has 0 spiro atoms. The molecule has 0 aromatic heterocycles. The number of carbonyl (C=O) groups excluding carboxylic acids is 3. The molecule has 2 N–H and O–H groups in total. The molecule has 0 bridgehead atoms. The number of carboxylic acids is 1. The minimum atomic E-state index is -1.08. The van der Waals surface area contributed by atoms with Crippen LogP contribution in [0.2, 0.25) is 0 Å². The first-order valence-corrected chi connectivity index (χ1v) is 14.3. The first-order chi connectivity index (χ1) is 19.3. The third-order valence-electron chi connectivity index (χ3n) is 8.07. The Kier molecular flexibility index (Phi) is 8.75. The second-order valence-corrected chi connectivity index (χ2v) is 12.4. The van der Waals surface area contributed by atoms with Crippen LogP contribution in [-0.4, -0.2) is 69.6 Å². The number of piperidine rings is 1. The van der Waals surface area contributed by atoms with E-state index < -0.39 is 35.2 Å². The van der Waals surface area contributed by atoms with Gasteiger partial charge in [-0.25, -0.2) is 9.59 Å². The minimum Gasteiger partial charge on any atom is -0.480 e. The number of fused-ring (bicyclic) bond motifs is 1. The average molecular weight is 564 g/mol. The first-order valence-electron chi connectivity index (χ1n) is 14.3. The van der Waals surface area contributed by atoms with E-state index >= 15 is 0 Å². The molecule has 3 amide bonds. The Bertz CT molecular complexity index is 1280. The number of nitrogens with one attached hydrogen (secondary N) is 1. The van der Waals surface area contributed by atoms with Crippen LogP contribution in [-0.2, 0) is 37.5 Å². The van der Waals surface area contributed by atoms with Crippen molar-refractivity contribution in [3.63, 3.8) is 0 Å². The van der Waals surface area contributed by atoms with E-state index in [0.29, 0.717) is 32.4 Å². The summed E-state index contributed by atoms with van der Waals surface area (Å²) >= 11 is 0. The van der Waals surface area contributed by atoms with E-state index in [9.17, 15) is 24.3 Å². The van der Waals surface area contributed by atoms with Crippen LogP contribution in [0.3, 0.4) is 0 Å². The zero-order valence-electron chi connectivity index (χ0n) is 24.6. The molecule has 9 nitrogen and oxygen atoms in total. The van der Waals surface area contributed by atoms with Gasteiger partial charge in [0.1, 0.15) is 17.7 Å². The van der Waals surface area contributed by atoms with E-state index in [4.69, 9.17) is 4.74 Å². The van der Waals surface area contributed by atoms with Crippen LogP contribution < -0.4 is 5.32 Å². The molecular formula is C32H41N3O6. The van der Waals surface area contributed by atoms with Crippen molar-refractivity contribution >= 4 is 23.9 Å². The van der Waals surface area contributed by atoms with Gasteiger partial charge < -0.3 is 20.1 Å². The molecule has 41 heavy (non-hydrogen) atoms. The monoisotopic (exact) mass is 563 g/mol. The minimum absolute atomic E-state index is 0.182. The lowest BCUT2D eigenvalue weighted by molar-refractivity contribution is -0.145. The van der Waals surface area contributed by atoms with Gasteiger partial charge in [0, 0.05) is 19.5 Å². The number of nitrogens with zero attached hydrogens (tertiary/aromatic N) is 2. The lowest BCUT2D eigenvalue weighted by Crippen LogP contribution is -2.59. The Morgan fingerprint density at radius 3 is 2.10 bits per heavy atom. The van der Waals surface area contributed by atoms with E-state index in [0.717, 1.165) is 16.7 Å². The average Bonchev–Trinajstić information content (AvgIpc) is 2.94. The van der Waals surface area contributed by atoms with Crippen LogP contribution in [0.1, 0.15) is 64.2 Å². The standard InChI is InChI=1S/C32H41N3O6/c1-21(2)26(28(37)38)33-29(39)32(24-13-7-6-8-14-24)15-17-34(18-16-32)27(36)25-19-22-11-9-10-12-23(22)20-35(25)30(40)41-31(3,4)5/h6-14,21,25-26H,15-20H2,1-5H3,(H,33,39)(H,37,38)/t25-,26-/m0/s1. The Balaban J connectivity index is 1.58. The number of carboxylic acid groups (broad SMARTS) is 1. The molecular weight excluding hydrogens is 522 g/mol. The predicted molar refractivity (Wildman–Crippen MR) is 154 cm³/mol. The van der Waals surface area contributed by atoms with Crippen LogP contribution in [0.25, 0.3) is 0 Å². The highest BCUT2D eigenvalue weighted by Gasteiger charge is 2.47. The van der Waals surface area contributed by atoms with Gasteiger partial charge in [-0.1, -0.05) is 68.4 Å². The van der Waals surface area contributed by atoms with Crippen molar-refractivity contribution in [2.75, 3.05) is 13.1 Å². The summed E-state index contributed by atoms with van der Waals surface area (Å²) in [7, 11) is 0. The Morgan fingerprint density at radius 2 is 1.54 bits per heavy atom. The summed E-state index contributed by atoms with van der Waals surface area (Å²) in [5.41, 5.74) is 1.11. The number of likely N-dealkylation sites (tertiary alicyclic amines) is 1. The van der Waals surface area contributed by atoms with Crippen molar-refractivity contribution in [1.82, 2.24) is 15.1 Å². The molecule has 220 valence electrons. The molecule has 2 aromatic carbocycles. The quantitative estimate of drug-likeness (QED) is 0.546. The van der Waals surface area contributed by atoms with Crippen molar-refractivity contribution in [3.8, 4) is 0 Å². The third kappa shape index (κ3) is 6.55. The summed E-state index contributed by atoms with van der Waals surface area (Å²) in [5, 5.41) is 12.5. The molecule has 9 heteroatoms. The van der Waals surface area contributed by atoms with Gasteiger partial charge in [-0.15, -0.1) is 0 Å². The number of hydrogen-bond acceptors (Lipinski definition) is 5. The topological polar surface area (TPSA) is 116 Å². The number of amides is 3. The molecule has 2 atom stereocenters. The first kappa shape index (κ1) is 30.1. The lowest BCUT2D eigenvalue weighted by atomic mass is 9.71. The fraction of sp³-hybridized carbons (Fsp3) is 0.500. The highest BCUT2D eigenvalue weighted by Crippen LogP contribution is 2.37. The molecule has 2 aromatic rings. The van der Waals surface area contributed by atoms with Gasteiger partial charge in [0.25, 0.3) is 0 Å². The summed E-state index contributed by atoms with van der Waals surface area (Å²) in [6, 6.07) is 15.4. The maximum Gasteiger partial charge on any atom is 0.411 e. The van der Waals surface area contributed by atoms with Crippen molar-refractivity contribution in [2.45, 2.75) is 83.5 Å². The fourth-order valence-corrected chi connectivity index (χ4v) is 5.77. The second kappa shape index (κ2) is 11.9. The molecule has 4 rings (SSSR count). The van der Waals surface area contributed by atoms with Crippen LogP contribution in [0, 0.1) is 5.92 Å². The molecule has 1 fully saturated rings. The highest BCUT2D eigenvalue weighted by molar-refractivity contribution is 5.92. The van der Waals surface area contributed by atoms with E-state index in [-0.39, 0.29) is 24.3 Å². The maximum absolute atomic E-state index is 14.0. The number of carbonyl (C=O) groups is 4. The Morgan fingerprint density at radius 1 is 0.951 bits per heavy atom. The normalized spacial score (nSPS) is 19.2. The van der Waals surface area contributed by atoms with Gasteiger partial charge in [-0.2, -0.15) is 0 Å². The van der Waals surface area contributed by atoms with Gasteiger partial charge in [0.05, 0.1) is 12.0 Å². The molecule has 0 unspecified atom stereocenters. The summed E-state index contributed by atoms with van der Waals surface area (Å²) in [6.45, 7) is 9.77. The van der Waals surface area contributed by atoms with Crippen LogP contribution in [0.4, 0.5) is 4.79 Å². The summed E-state index contributed by atoms with van der Waals surface area (Å²) in [5.74, 6) is -1.90. The van der Waals surface area contributed by atoms with Crippen LogP contribution in [0.15, 0.2) is 54.6 Å². The zero-order chi connectivity index (χ0) is 29.9. The number of aliphatic carboxylic acids is 1. The molecule has 2 aliphatic rings. The smallest absolute Gasteiger partial charge is 0.411 e. The fourth-order valence-electron chi connectivity index (χ4n) is 5.77. The summed E-state index contributed by atoms with van der Waals surface area (Å²) < 4.78 is 5.67. The van der Waals surface area contributed by atoms with Crippen molar-refractivity contribution in [2.24, 2.45) is 5.92 Å². The van der Waals surface area contributed by atoms with E-state index in [1.807, 2.05) is 54.6 Å². The number of benzene rings is 2. The molecule has 2 aliphatic heterocycles. The van der Waals surface area contributed by atoms with E-state index in [1.54, 1.807) is 39.5 Å². The van der Waals surface area contributed by atoms with Crippen molar-refractivity contribution in [3.05, 3.63) is 71.3 Å². The van der Waals surface area contributed by atoms with Crippen LogP contribution in [0.5, 0.6) is 0 Å². The lowest BCUT2D eigenvalue weighted by Gasteiger charge is -2.44. The van der Waals surface area contributed by atoms with Crippen molar-refractivity contribution < 1.29 is 29.0 Å². The number of hydrogen-bond donors (Lipinski definition) is 2. The summed E-state index contributed by atoms with van der Waals surface area (Å²) in [4.78, 5) is 56.1. The second-order valence-electron chi connectivity index (χ2n) is 12.4. The summed E-state index contributed by atoms with van der Waals surface area (Å²) in [6.07, 6.45) is 0.501. The number of rotatable bonds is 6. The maximum atomic E-state index is 14.0. The predicted octanol–water partition coefficient (Wildman–Crippen LogP) is 4.13. The SMILES string of the molecule is CC(C)[C@H](NC(=O)C1(c2ccccc2)CCN(C(=O)[C@@H]2Cc3ccccc3CN2C(=O)OC(C)(C)C)CC1)C(=O)O. The van der Waals surface area contributed by atoms with E-state index in [1.165, 1.54) is 4.90 Å². The molecule has 0 aliphatic carbocycles. The third-order valence-corrected chi connectivity index (χ3v) is 8.07.